The number of piperazine rings is 1. The van der Waals surface area contributed by atoms with Crippen molar-refractivity contribution in [3.05, 3.63) is 23.9 Å². The largest absolute Gasteiger partial charge is 0.378 e. The minimum Gasteiger partial charge on any atom is -0.378 e. The Bertz CT molecular complexity index is 328. The number of nitrogens with two attached hydrogens (primary N) is 1. The quantitative estimate of drug-likeness (QED) is 0.741. The Hall–Kier alpha value is -0.840. The summed E-state index contributed by atoms with van der Waals surface area (Å²) >= 11 is 0. The standard InChI is InChI=1S/C13H21N3O/c14-11-1-3-12(4-2-11)15-5-7-16(8-6-15)13-9-17-10-13/h1,3-4,11,13H,2,5-10,14H2. The van der Waals surface area contributed by atoms with Crippen LogP contribution in [0.1, 0.15) is 6.42 Å². The molecule has 4 heteroatoms. The van der Waals surface area contributed by atoms with Gasteiger partial charge in [0.2, 0.25) is 0 Å². The molecule has 0 aromatic rings. The lowest BCUT2D eigenvalue weighted by Crippen LogP contribution is -2.56. The highest BCUT2D eigenvalue weighted by Crippen LogP contribution is 2.19. The van der Waals surface area contributed by atoms with Crippen LogP contribution >= 0.6 is 0 Å². The van der Waals surface area contributed by atoms with Crippen molar-refractivity contribution in [3.8, 4) is 0 Å². The van der Waals surface area contributed by atoms with E-state index >= 15 is 0 Å². The first-order chi connectivity index (χ1) is 8.33. The van der Waals surface area contributed by atoms with Crippen LogP contribution in [0, 0.1) is 0 Å². The monoisotopic (exact) mass is 235 g/mol. The maximum atomic E-state index is 5.84. The fourth-order valence-electron chi connectivity index (χ4n) is 2.64. The zero-order valence-electron chi connectivity index (χ0n) is 10.2. The van der Waals surface area contributed by atoms with E-state index in [0.717, 1.165) is 45.8 Å². The van der Waals surface area contributed by atoms with Crippen LogP contribution in [0.2, 0.25) is 0 Å². The van der Waals surface area contributed by atoms with Gasteiger partial charge in [-0.3, -0.25) is 4.90 Å². The molecule has 4 nitrogen and oxygen atoms in total. The Morgan fingerprint density at radius 3 is 2.47 bits per heavy atom. The SMILES string of the molecule is NC1C=CC(N2CCN(C3COC3)CC2)=CC1. The summed E-state index contributed by atoms with van der Waals surface area (Å²) in [6, 6.07) is 0.897. The molecular formula is C13H21N3O. The van der Waals surface area contributed by atoms with E-state index in [4.69, 9.17) is 10.5 Å². The van der Waals surface area contributed by atoms with Gasteiger partial charge >= 0.3 is 0 Å². The van der Waals surface area contributed by atoms with Crippen LogP contribution in [0.5, 0.6) is 0 Å². The summed E-state index contributed by atoms with van der Waals surface area (Å²) in [6.07, 6.45) is 7.53. The molecule has 0 amide bonds. The zero-order valence-corrected chi connectivity index (χ0v) is 10.2. The Balaban J connectivity index is 1.52. The Labute approximate surface area is 103 Å². The maximum Gasteiger partial charge on any atom is 0.0645 e. The lowest BCUT2D eigenvalue weighted by molar-refractivity contribution is -0.0745. The van der Waals surface area contributed by atoms with E-state index in [2.05, 4.69) is 28.0 Å². The summed E-state index contributed by atoms with van der Waals surface area (Å²) in [5.41, 5.74) is 7.20. The molecule has 0 spiro atoms. The van der Waals surface area contributed by atoms with E-state index in [0.29, 0.717) is 6.04 Å². The Morgan fingerprint density at radius 1 is 1.18 bits per heavy atom. The van der Waals surface area contributed by atoms with E-state index in [1.54, 1.807) is 0 Å². The van der Waals surface area contributed by atoms with Crippen LogP contribution in [0.15, 0.2) is 23.9 Å². The molecule has 2 fully saturated rings. The first kappa shape index (κ1) is 11.3. The van der Waals surface area contributed by atoms with E-state index < -0.39 is 0 Å². The second-order valence-corrected chi connectivity index (χ2v) is 5.10. The van der Waals surface area contributed by atoms with Gasteiger partial charge in [-0.2, -0.15) is 0 Å². The summed E-state index contributed by atoms with van der Waals surface area (Å²) in [5.74, 6) is 0. The van der Waals surface area contributed by atoms with Crippen LogP contribution in [-0.4, -0.2) is 61.3 Å². The molecule has 0 radical (unpaired) electrons. The normalized spacial score (nSPS) is 31.2. The Morgan fingerprint density at radius 2 is 1.94 bits per heavy atom. The molecule has 2 saturated heterocycles. The second kappa shape index (κ2) is 4.80. The molecule has 2 heterocycles. The van der Waals surface area contributed by atoms with Crippen molar-refractivity contribution >= 4 is 0 Å². The van der Waals surface area contributed by atoms with Gasteiger partial charge in [-0.05, 0) is 12.5 Å². The molecule has 2 aliphatic heterocycles. The number of nitrogens with zero attached hydrogens (tertiary/aromatic N) is 2. The van der Waals surface area contributed by atoms with Gasteiger partial charge in [-0.25, -0.2) is 0 Å². The third kappa shape index (κ3) is 2.39. The van der Waals surface area contributed by atoms with Gasteiger partial charge in [0.05, 0.1) is 19.3 Å². The molecule has 0 aromatic heterocycles. The van der Waals surface area contributed by atoms with Crippen molar-refractivity contribution < 1.29 is 4.74 Å². The van der Waals surface area contributed by atoms with Crippen molar-refractivity contribution in [2.75, 3.05) is 39.4 Å². The summed E-state index contributed by atoms with van der Waals surface area (Å²) < 4.78 is 5.25. The zero-order chi connectivity index (χ0) is 11.7. The summed E-state index contributed by atoms with van der Waals surface area (Å²) in [5, 5.41) is 0. The molecule has 1 atom stereocenters. The predicted molar refractivity (Wildman–Crippen MR) is 67.6 cm³/mol. The van der Waals surface area contributed by atoms with Crippen LogP contribution < -0.4 is 5.73 Å². The highest BCUT2D eigenvalue weighted by atomic mass is 16.5. The fourth-order valence-corrected chi connectivity index (χ4v) is 2.64. The Kier molecular flexibility index (Phi) is 3.18. The topological polar surface area (TPSA) is 41.7 Å². The fraction of sp³-hybridized carbons (Fsp3) is 0.692. The molecule has 3 aliphatic rings. The first-order valence-electron chi connectivity index (χ1n) is 6.53. The average molecular weight is 235 g/mol. The van der Waals surface area contributed by atoms with Crippen LogP contribution in [-0.2, 0) is 4.74 Å². The third-order valence-electron chi connectivity index (χ3n) is 3.93. The molecule has 1 unspecified atom stereocenters. The van der Waals surface area contributed by atoms with Gasteiger partial charge in [0.25, 0.3) is 0 Å². The molecule has 1 aliphatic carbocycles. The molecule has 0 aromatic carbocycles. The summed E-state index contributed by atoms with van der Waals surface area (Å²) in [6.45, 7) is 6.43. The highest BCUT2D eigenvalue weighted by molar-refractivity contribution is 5.24. The molecule has 0 saturated carbocycles. The van der Waals surface area contributed by atoms with Crippen molar-refractivity contribution in [1.82, 2.24) is 9.80 Å². The van der Waals surface area contributed by atoms with Gasteiger partial charge in [-0.1, -0.05) is 12.2 Å². The van der Waals surface area contributed by atoms with E-state index in [1.807, 2.05) is 0 Å². The van der Waals surface area contributed by atoms with Crippen LogP contribution in [0.25, 0.3) is 0 Å². The molecule has 3 rings (SSSR count). The number of hydrogen-bond donors (Lipinski definition) is 1. The molecule has 94 valence electrons. The van der Waals surface area contributed by atoms with E-state index in [9.17, 15) is 0 Å². The lowest BCUT2D eigenvalue weighted by Gasteiger charge is -2.43. The van der Waals surface area contributed by atoms with Gasteiger partial charge in [0.1, 0.15) is 0 Å². The van der Waals surface area contributed by atoms with Crippen molar-refractivity contribution in [3.63, 3.8) is 0 Å². The molecule has 2 N–H and O–H groups in total. The minimum absolute atomic E-state index is 0.215. The summed E-state index contributed by atoms with van der Waals surface area (Å²) in [7, 11) is 0. The minimum atomic E-state index is 0.215. The second-order valence-electron chi connectivity index (χ2n) is 5.10. The van der Waals surface area contributed by atoms with E-state index in [1.165, 1.54) is 5.70 Å². The third-order valence-corrected chi connectivity index (χ3v) is 3.93. The van der Waals surface area contributed by atoms with Crippen molar-refractivity contribution in [1.29, 1.82) is 0 Å². The van der Waals surface area contributed by atoms with Crippen LogP contribution in [0.3, 0.4) is 0 Å². The number of ether oxygens (including phenoxy) is 1. The van der Waals surface area contributed by atoms with Gasteiger partial charge in [0.15, 0.2) is 0 Å². The first-order valence-corrected chi connectivity index (χ1v) is 6.53. The van der Waals surface area contributed by atoms with Gasteiger partial charge < -0.3 is 15.4 Å². The van der Waals surface area contributed by atoms with Gasteiger partial charge in [0, 0.05) is 37.9 Å². The maximum absolute atomic E-state index is 5.84. The predicted octanol–water partition coefficient (Wildman–Crippen LogP) is 0.174. The molecular weight excluding hydrogens is 214 g/mol. The van der Waals surface area contributed by atoms with Gasteiger partial charge in [-0.15, -0.1) is 0 Å². The molecule has 17 heavy (non-hydrogen) atoms. The highest BCUT2D eigenvalue weighted by Gasteiger charge is 2.29. The number of allylic oxidation sites excluding steroid dienone is 1. The summed E-state index contributed by atoms with van der Waals surface area (Å²) in [4.78, 5) is 5.03. The molecule has 0 bridgehead atoms. The van der Waals surface area contributed by atoms with Crippen LogP contribution in [0.4, 0.5) is 0 Å². The van der Waals surface area contributed by atoms with E-state index in [-0.39, 0.29) is 6.04 Å². The van der Waals surface area contributed by atoms with Crippen molar-refractivity contribution in [2.24, 2.45) is 5.73 Å². The lowest BCUT2D eigenvalue weighted by atomic mass is 10.1. The average Bonchev–Trinajstić information content (AvgIpc) is 2.29. The van der Waals surface area contributed by atoms with Crippen molar-refractivity contribution in [2.45, 2.75) is 18.5 Å². The number of rotatable bonds is 2. The smallest absolute Gasteiger partial charge is 0.0645 e. The number of hydrogen-bond acceptors (Lipinski definition) is 4.